The molecule has 0 spiro atoms. The predicted molar refractivity (Wildman–Crippen MR) is 104 cm³/mol. The van der Waals surface area contributed by atoms with Crippen molar-refractivity contribution < 1.29 is 18.9 Å². The summed E-state index contributed by atoms with van der Waals surface area (Å²) in [5.74, 6) is 2.81. The first-order valence-electron chi connectivity index (χ1n) is 8.74. The fraction of sp³-hybridized carbons (Fsp3) is 0.143. The molecule has 28 heavy (non-hydrogen) atoms. The van der Waals surface area contributed by atoms with E-state index >= 15 is 0 Å². The molecule has 0 aliphatic carbocycles. The fourth-order valence-corrected chi connectivity index (χ4v) is 3.45. The van der Waals surface area contributed by atoms with E-state index in [1.54, 1.807) is 20.4 Å². The lowest BCUT2D eigenvalue weighted by Crippen LogP contribution is -1.92. The molecule has 1 N–H and O–H groups in total. The Morgan fingerprint density at radius 3 is 2.57 bits per heavy atom. The number of aromatic nitrogens is 3. The van der Waals surface area contributed by atoms with Crippen LogP contribution in [-0.2, 0) is 0 Å². The van der Waals surface area contributed by atoms with Gasteiger partial charge in [-0.3, -0.25) is 5.10 Å². The second kappa shape index (κ2) is 6.45. The van der Waals surface area contributed by atoms with Gasteiger partial charge in [-0.2, -0.15) is 5.10 Å². The third-order valence-corrected chi connectivity index (χ3v) is 4.81. The molecule has 2 aromatic heterocycles. The molecule has 0 unspecified atom stereocenters. The maximum atomic E-state index is 5.52. The van der Waals surface area contributed by atoms with Crippen LogP contribution >= 0.6 is 0 Å². The molecular weight excluding hydrogens is 358 g/mol. The van der Waals surface area contributed by atoms with Gasteiger partial charge >= 0.3 is 0 Å². The highest BCUT2D eigenvalue weighted by Gasteiger charge is 2.19. The average molecular weight is 375 g/mol. The number of fused-ring (bicyclic) bond motifs is 2. The predicted octanol–water partition coefficient (Wildman–Crippen LogP) is 4.04. The summed E-state index contributed by atoms with van der Waals surface area (Å²) in [5, 5.41) is 8.43. The van der Waals surface area contributed by atoms with Gasteiger partial charge in [0.05, 0.1) is 25.3 Å². The van der Waals surface area contributed by atoms with Gasteiger partial charge in [0.1, 0.15) is 0 Å². The zero-order valence-corrected chi connectivity index (χ0v) is 15.4. The lowest BCUT2D eigenvalue weighted by atomic mass is 9.99. The Morgan fingerprint density at radius 2 is 1.71 bits per heavy atom. The van der Waals surface area contributed by atoms with E-state index in [0.29, 0.717) is 17.1 Å². The molecular formula is C21H17N3O4. The van der Waals surface area contributed by atoms with Crippen LogP contribution in [0.15, 0.2) is 48.7 Å². The highest BCUT2D eigenvalue weighted by atomic mass is 16.7. The molecule has 7 nitrogen and oxygen atoms in total. The summed E-state index contributed by atoms with van der Waals surface area (Å²) in [4.78, 5) is 4.41. The minimum absolute atomic E-state index is 0.237. The molecule has 0 saturated heterocycles. The molecule has 0 atom stereocenters. The Kier molecular flexibility index (Phi) is 3.79. The molecule has 1 aliphatic heterocycles. The number of nitrogens with zero attached hydrogens (tertiary/aromatic N) is 2. The molecule has 7 heteroatoms. The van der Waals surface area contributed by atoms with Crippen LogP contribution in [0.5, 0.6) is 23.0 Å². The van der Waals surface area contributed by atoms with Crippen molar-refractivity contribution in [2.24, 2.45) is 0 Å². The molecule has 4 aromatic rings. The number of pyridine rings is 1. The highest BCUT2D eigenvalue weighted by molar-refractivity contribution is 6.02. The maximum Gasteiger partial charge on any atom is 0.231 e. The average Bonchev–Trinajstić information content (AvgIpc) is 3.39. The summed E-state index contributed by atoms with van der Waals surface area (Å²) in [6.45, 7) is 0.237. The van der Waals surface area contributed by atoms with Crippen molar-refractivity contribution in [1.29, 1.82) is 0 Å². The highest BCUT2D eigenvalue weighted by Crippen LogP contribution is 2.40. The first-order valence-corrected chi connectivity index (χ1v) is 8.74. The molecule has 3 heterocycles. The second-order valence-electron chi connectivity index (χ2n) is 6.29. The number of nitrogens with one attached hydrogen (secondary N) is 1. The van der Waals surface area contributed by atoms with Crippen LogP contribution in [0.1, 0.15) is 0 Å². The lowest BCUT2D eigenvalue weighted by molar-refractivity contribution is 0.174. The molecule has 2 aromatic carbocycles. The number of methoxy groups -OCH3 is 2. The number of hydrogen-bond acceptors (Lipinski definition) is 6. The molecule has 0 radical (unpaired) electrons. The van der Waals surface area contributed by atoms with Gasteiger partial charge in [0, 0.05) is 11.8 Å². The van der Waals surface area contributed by atoms with Gasteiger partial charge in [-0.25, -0.2) is 4.98 Å². The van der Waals surface area contributed by atoms with E-state index in [-0.39, 0.29) is 6.79 Å². The second-order valence-corrected chi connectivity index (χ2v) is 6.29. The van der Waals surface area contributed by atoms with Gasteiger partial charge in [0.15, 0.2) is 28.6 Å². The maximum absolute atomic E-state index is 5.52. The van der Waals surface area contributed by atoms with Crippen LogP contribution < -0.4 is 18.9 Å². The Labute approximate surface area is 160 Å². The summed E-state index contributed by atoms with van der Waals surface area (Å²) in [6.07, 6.45) is 1.75. The Bertz CT molecular complexity index is 1190. The Hall–Kier alpha value is -3.74. The SMILES string of the molecule is COc1ccc(-c2ccnc3n[nH]c(-c4ccc5c(c4)OCO5)c23)cc1OC. The minimum atomic E-state index is 0.237. The van der Waals surface area contributed by atoms with E-state index < -0.39 is 0 Å². The van der Waals surface area contributed by atoms with Crippen molar-refractivity contribution in [3.63, 3.8) is 0 Å². The van der Waals surface area contributed by atoms with Crippen molar-refractivity contribution in [2.45, 2.75) is 0 Å². The number of ether oxygens (including phenoxy) is 4. The molecule has 0 saturated carbocycles. The molecule has 140 valence electrons. The Balaban J connectivity index is 1.70. The van der Waals surface area contributed by atoms with Crippen LogP contribution in [0.25, 0.3) is 33.4 Å². The zero-order valence-electron chi connectivity index (χ0n) is 15.4. The van der Waals surface area contributed by atoms with Crippen LogP contribution in [0.2, 0.25) is 0 Å². The minimum Gasteiger partial charge on any atom is -0.493 e. The van der Waals surface area contributed by atoms with Crippen molar-refractivity contribution >= 4 is 11.0 Å². The van der Waals surface area contributed by atoms with Crippen molar-refractivity contribution in [2.75, 3.05) is 21.0 Å². The summed E-state index contributed by atoms with van der Waals surface area (Å²) in [5.41, 5.74) is 4.42. The normalized spacial score (nSPS) is 12.4. The van der Waals surface area contributed by atoms with Gasteiger partial charge < -0.3 is 18.9 Å². The molecule has 0 fully saturated rings. The largest absolute Gasteiger partial charge is 0.493 e. The lowest BCUT2D eigenvalue weighted by Gasteiger charge is -2.11. The van der Waals surface area contributed by atoms with Gasteiger partial charge in [0.25, 0.3) is 0 Å². The van der Waals surface area contributed by atoms with Gasteiger partial charge in [-0.05, 0) is 47.5 Å². The topological polar surface area (TPSA) is 78.5 Å². The third-order valence-electron chi connectivity index (χ3n) is 4.81. The van der Waals surface area contributed by atoms with E-state index in [9.17, 15) is 0 Å². The summed E-state index contributed by atoms with van der Waals surface area (Å²) in [7, 11) is 3.25. The van der Waals surface area contributed by atoms with Crippen molar-refractivity contribution in [1.82, 2.24) is 15.2 Å². The molecule has 0 amide bonds. The van der Waals surface area contributed by atoms with E-state index in [1.165, 1.54) is 0 Å². The quantitative estimate of drug-likeness (QED) is 0.580. The van der Waals surface area contributed by atoms with E-state index in [4.69, 9.17) is 18.9 Å². The van der Waals surface area contributed by atoms with Gasteiger partial charge in [0.2, 0.25) is 6.79 Å². The fourth-order valence-electron chi connectivity index (χ4n) is 3.45. The number of aromatic amines is 1. The summed E-state index contributed by atoms with van der Waals surface area (Å²) >= 11 is 0. The number of rotatable bonds is 4. The van der Waals surface area contributed by atoms with E-state index in [0.717, 1.165) is 39.3 Å². The van der Waals surface area contributed by atoms with Gasteiger partial charge in [-0.15, -0.1) is 0 Å². The van der Waals surface area contributed by atoms with E-state index in [2.05, 4.69) is 15.2 Å². The standard InChI is InChI=1S/C21H17N3O4/c1-25-15-5-3-12(9-17(15)26-2)14-7-8-22-21-19(14)20(23-24-21)13-4-6-16-18(10-13)28-11-27-16/h3-10H,11H2,1-2H3,(H,22,23,24). The number of hydrogen-bond donors (Lipinski definition) is 1. The van der Waals surface area contributed by atoms with Crippen LogP contribution in [0.3, 0.4) is 0 Å². The smallest absolute Gasteiger partial charge is 0.231 e. The first-order chi connectivity index (χ1) is 13.8. The van der Waals surface area contributed by atoms with Crippen LogP contribution in [0.4, 0.5) is 0 Å². The van der Waals surface area contributed by atoms with Crippen molar-refractivity contribution in [3.05, 3.63) is 48.7 Å². The third kappa shape index (κ3) is 2.51. The molecule has 0 bridgehead atoms. The van der Waals surface area contributed by atoms with Crippen LogP contribution in [-0.4, -0.2) is 36.2 Å². The molecule has 1 aliphatic rings. The number of H-pyrrole nitrogens is 1. The van der Waals surface area contributed by atoms with Crippen molar-refractivity contribution in [3.8, 4) is 45.4 Å². The molecule has 5 rings (SSSR count). The van der Waals surface area contributed by atoms with Crippen LogP contribution in [0, 0.1) is 0 Å². The van der Waals surface area contributed by atoms with E-state index in [1.807, 2.05) is 42.5 Å². The summed E-state index contributed by atoms with van der Waals surface area (Å²) in [6, 6.07) is 13.6. The Morgan fingerprint density at radius 1 is 0.893 bits per heavy atom. The monoisotopic (exact) mass is 375 g/mol. The number of benzene rings is 2. The summed E-state index contributed by atoms with van der Waals surface area (Å²) < 4.78 is 21.7. The first kappa shape index (κ1) is 16.4. The van der Waals surface area contributed by atoms with Gasteiger partial charge in [-0.1, -0.05) is 6.07 Å². The zero-order chi connectivity index (χ0) is 19.1.